The van der Waals surface area contributed by atoms with Crippen molar-refractivity contribution in [1.29, 1.82) is 0 Å². The van der Waals surface area contributed by atoms with Gasteiger partial charge in [-0.15, -0.1) is 0 Å². The molecule has 0 radical (unpaired) electrons. The Morgan fingerprint density at radius 1 is 1.23 bits per heavy atom. The SMILES string of the molecule is CCC(C)CCCN(C)CCC1(CC)CCN(C(C)=O)CC1. The molecule has 0 N–H and O–H groups in total. The van der Waals surface area contributed by atoms with Gasteiger partial charge in [-0.2, -0.15) is 0 Å². The fourth-order valence-corrected chi connectivity index (χ4v) is 3.53. The van der Waals surface area contributed by atoms with Crippen LogP contribution in [0.15, 0.2) is 0 Å². The first kappa shape index (κ1) is 19.5. The summed E-state index contributed by atoms with van der Waals surface area (Å²) in [7, 11) is 2.27. The van der Waals surface area contributed by atoms with E-state index in [1.54, 1.807) is 6.92 Å². The van der Waals surface area contributed by atoms with Gasteiger partial charge in [0.1, 0.15) is 0 Å². The quantitative estimate of drug-likeness (QED) is 0.638. The van der Waals surface area contributed by atoms with Gasteiger partial charge in [0.05, 0.1) is 0 Å². The molecule has 22 heavy (non-hydrogen) atoms. The Kier molecular flexibility index (Phi) is 8.45. The van der Waals surface area contributed by atoms with E-state index in [1.807, 2.05) is 4.90 Å². The van der Waals surface area contributed by atoms with Crippen LogP contribution in [0.4, 0.5) is 0 Å². The molecule has 130 valence electrons. The van der Waals surface area contributed by atoms with Crippen LogP contribution in [0.2, 0.25) is 0 Å². The molecule has 0 bridgehead atoms. The van der Waals surface area contributed by atoms with Crippen molar-refractivity contribution in [2.75, 3.05) is 33.2 Å². The Balaban J connectivity index is 2.30. The summed E-state index contributed by atoms with van der Waals surface area (Å²) in [6.45, 7) is 13.0. The molecule has 0 spiro atoms. The van der Waals surface area contributed by atoms with E-state index in [0.29, 0.717) is 5.41 Å². The first-order valence-corrected chi connectivity index (χ1v) is 9.36. The molecule has 0 saturated carbocycles. The molecule has 1 unspecified atom stereocenters. The molecule has 3 nitrogen and oxygen atoms in total. The number of hydrogen-bond acceptors (Lipinski definition) is 2. The summed E-state index contributed by atoms with van der Waals surface area (Å²) < 4.78 is 0. The summed E-state index contributed by atoms with van der Waals surface area (Å²) in [6.07, 6.45) is 8.88. The number of nitrogens with zero attached hydrogens (tertiary/aromatic N) is 2. The van der Waals surface area contributed by atoms with Gasteiger partial charge in [-0.1, -0.05) is 33.6 Å². The van der Waals surface area contributed by atoms with Crippen LogP contribution in [-0.2, 0) is 4.79 Å². The number of rotatable bonds is 9. The zero-order chi connectivity index (χ0) is 16.6. The van der Waals surface area contributed by atoms with Crippen LogP contribution in [-0.4, -0.2) is 48.9 Å². The van der Waals surface area contributed by atoms with E-state index in [1.165, 1.54) is 58.0 Å². The molecule has 1 rings (SSSR count). The van der Waals surface area contributed by atoms with E-state index in [4.69, 9.17) is 0 Å². The average Bonchev–Trinajstić information content (AvgIpc) is 2.53. The lowest BCUT2D eigenvalue weighted by atomic mass is 9.73. The molecule has 0 aromatic carbocycles. The van der Waals surface area contributed by atoms with Crippen molar-refractivity contribution in [1.82, 2.24) is 9.80 Å². The van der Waals surface area contributed by atoms with Crippen molar-refractivity contribution in [2.45, 2.75) is 72.6 Å². The van der Waals surface area contributed by atoms with Crippen LogP contribution < -0.4 is 0 Å². The first-order valence-electron chi connectivity index (χ1n) is 9.36. The van der Waals surface area contributed by atoms with Crippen LogP contribution >= 0.6 is 0 Å². The average molecular weight is 311 g/mol. The molecule has 0 aromatic rings. The Morgan fingerprint density at radius 3 is 2.36 bits per heavy atom. The summed E-state index contributed by atoms with van der Waals surface area (Å²) in [5.74, 6) is 1.11. The van der Waals surface area contributed by atoms with E-state index >= 15 is 0 Å². The first-order chi connectivity index (χ1) is 10.4. The maximum atomic E-state index is 11.5. The smallest absolute Gasteiger partial charge is 0.219 e. The maximum Gasteiger partial charge on any atom is 0.219 e. The highest BCUT2D eigenvalue weighted by Gasteiger charge is 2.33. The summed E-state index contributed by atoms with van der Waals surface area (Å²) >= 11 is 0. The van der Waals surface area contributed by atoms with E-state index < -0.39 is 0 Å². The van der Waals surface area contributed by atoms with Crippen molar-refractivity contribution in [2.24, 2.45) is 11.3 Å². The topological polar surface area (TPSA) is 23.6 Å². The van der Waals surface area contributed by atoms with Gasteiger partial charge in [-0.3, -0.25) is 4.79 Å². The van der Waals surface area contributed by atoms with Gasteiger partial charge in [0.2, 0.25) is 5.91 Å². The highest BCUT2D eigenvalue weighted by molar-refractivity contribution is 5.73. The highest BCUT2D eigenvalue weighted by atomic mass is 16.2. The van der Waals surface area contributed by atoms with Gasteiger partial charge in [-0.05, 0) is 63.6 Å². The van der Waals surface area contributed by atoms with E-state index in [-0.39, 0.29) is 5.91 Å². The highest BCUT2D eigenvalue weighted by Crippen LogP contribution is 2.38. The Labute approximate surface area is 138 Å². The lowest BCUT2D eigenvalue weighted by Gasteiger charge is -2.42. The third-order valence-corrected chi connectivity index (χ3v) is 5.98. The molecule has 1 fully saturated rings. The zero-order valence-corrected chi connectivity index (χ0v) is 15.7. The second kappa shape index (κ2) is 9.54. The van der Waals surface area contributed by atoms with E-state index in [0.717, 1.165) is 19.0 Å². The Bertz CT molecular complexity index is 321. The molecule has 0 aliphatic carbocycles. The second-order valence-corrected chi connectivity index (χ2v) is 7.57. The number of carbonyl (C=O) groups excluding carboxylic acids is 1. The van der Waals surface area contributed by atoms with Crippen LogP contribution in [0.3, 0.4) is 0 Å². The van der Waals surface area contributed by atoms with Gasteiger partial charge < -0.3 is 9.80 Å². The Hall–Kier alpha value is -0.570. The van der Waals surface area contributed by atoms with Gasteiger partial charge in [0, 0.05) is 20.0 Å². The Morgan fingerprint density at radius 2 is 1.86 bits per heavy atom. The minimum absolute atomic E-state index is 0.242. The van der Waals surface area contributed by atoms with Crippen molar-refractivity contribution >= 4 is 5.91 Å². The van der Waals surface area contributed by atoms with Crippen LogP contribution in [0.1, 0.15) is 72.6 Å². The fraction of sp³-hybridized carbons (Fsp3) is 0.947. The molecular weight excluding hydrogens is 272 g/mol. The van der Waals surface area contributed by atoms with Gasteiger partial charge in [-0.25, -0.2) is 0 Å². The molecule has 1 saturated heterocycles. The number of carbonyl (C=O) groups is 1. The predicted molar refractivity (Wildman–Crippen MR) is 95.0 cm³/mol. The molecular formula is C19H38N2O. The lowest BCUT2D eigenvalue weighted by molar-refractivity contribution is -0.131. The van der Waals surface area contributed by atoms with Gasteiger partial charge in [0.15, 0.2) is 0 Å². The van der Waals surface area contributed by atoms with Crippen molar-refractivity contribution in [3.63, 3.8) is 0 Å². The minimum Gasteiger partial charge on any atom is -0.343 e. The third kappa shape index (κ3) is 6.28. The monoisotopic (exact) mass is 310 g/mol. The minimum atomic E-state index is 0.242. The van der Waals surface area contributed by atoms with Crippen molar-refractivity contribution in [3.8, 4) is 0 Å². The lowest BCUT2D eigenvalue weighted by Crippen LogP contribution is -2.43. The van der Waals surface area contributed by atoms with Gasteiger partial charge in [0.25, 0.3) is 0 Å². The number of amides is 1. The molecule has 1 aliphatic heterocycles. The summed E-state index contributed by atoms with van der Waals surface area (Å²) in [5.41, 5.74) is 0.469. The maximum absolute atomic E-state index is 11.5. The number of hydrogen-bond donors (Lipinski definition) is 0. The molecule has 3 heteroatoms. The fourth-order valence-electron chi connectivity index (χ4n) is 3.53. The molecule has 1 amide bonds. The van der Waals surface area contributed by atoms with Crippen LogP contribution in [0, 0.1) is 11.3 Å². The zero-order valence-electron chi connectivity index (χ0n) is 15.7. The molecule has 1 aliphatic rings. The molecule has 1 atom stereocenters. The van der Waals surface area contributed by atoms with Crippen molar-refractivity contribution in [3.05, 3.63) is 0 Å². The van der Waals surface area contributed by atoms with Crippen LogP contribution in [0.25, 0.3) is 0 Å². The van der Waals surface area contributed by atoms with E-state index in [9.17, 15) is 4.79 Å². The predicted octanol–water partition coefficient (Wildman–Crippen LogP) is 4.17. The number of likely N-dealkylation sites (tertiary alicyclic amines) is 1. The summed E-state index contributed by atoms with van der Waals surface area (Å²) in [4.78, 5) is 16.0. The largest absolute Gasteiger partial charge is 0.343 e. The third-order valence-electron chi connectivity index (χ3n) is 5.98. The van der Waals surface area contributed by atoms with E-state index in [2.05, 4.69) is 32.7 Å². The van der Waals surface area contributed by atoms with Gasteiger partial charge >= 0.3 is 0 Å². The van der Waals surface area contributed by atoms with Crippen molar-refractivity contribution < 1.29 is 4.79 Å². The standard InChI is InChI=1S/C19H38N2O/c1-6-17(3)9-8-13-20(5)14-10-19(7-2)11-15-21(16-12-19)18(4)22/h17H,6-16H2,1-5H3. The molecule has 0 aromatic heterocycles. The summed E-state index contributed by atoms with van der Waals surface area (Å²) in [6, 6.07) is 0. The molecule has 1 heterocycles. The number of piperidine rings is 1. The summed E-state index contributed by atoms with van der Waals surface area (Å²) in [5, 5.41) is 0. The normalized spacial score (nSPS) is 19.5. The van der Waals surface area contributed by atoms with Crippen LogP contribution in [0.5, 0.6) is 0 Å². The second-order valence-electron chi connectivity index (χ2n) is 7.57.